The van der Waals surface area contributed by atoms with E-state index in [0.717, 1.165) is 5.56 Å². The van der Waals surface area contributed by atoms with Crippen LogP contribution in [0.15, 0.2) is 28.8 Å². The Hall–Kier alpha value is -2.41. The zero-order valence-corrected chi connectivity index (χ0v) is 14.5. The second-order valence-electron chi connectivity index (χ2n) is 6.33. The molecule has 0 fully saturated rings. The highest BCUT2D eigenvalue weighted by Crippen LogP contribution is 2.24. The molecular weight excluding hydrogens is 308 g/mol. The Labute approximate surface area is 141 Å². The predicted octanol–water partition coefficient (Wildman–Crippen LogP) is 3.19. The fraction of sp³-hybridized carbons (Fsp3) is 0.471. The van der Waals surface area contributed by atoms with Crippen molar-refractivity contribution in [1.29, 1.82) is 0 Å². The molecule has 1 aromatic heterocycles. The Morgan fingerprint density at radius 3 is 2.54 bits per heavy atom. The van der Waals surface area contributed by atoms with Crippen LogP contribution in [0.25, 0.3) is 11.4 Å². The van der Waals surface area contributed by atoms with E-state index in [-0.39, 0.29) is 11.4 Å². The maximum absolute atomic E-state index is 11.7. The lowest BCUT2D eigenvalue weighted by Crippen LogP contribution is -2.31. The molecule has 0 spiro atoms. The molecule has 0 saturated heterocycles. The minimum absolute atomic E-state index is 0.188. The van der Waals surface area contributed by atoms with Crippen LogP contribution in [0.4, 0.5) is 10.5 Å². The number of carbonyl (C=O) groups excluding carboxylic acids is 1. The van der Waals surface area contributed by atoms with Gasteiger partial charge in [-0.25, -0.2) is 4.79 Å². The minimum atomic E-state index is -0.267. The minimum Gasteiger partial charge on any atom is -0.380 e. The number of anilines is 1. The van der Waals surface area contributed by atoms with Gasteiger partial charge in [-0.3, -0.25) is 0 Å². The van der Waals surface area contributed by atoms with Gasteiger partial charge in [-0.15, -0.1) is 0 Å². The van der Waals surface area contributed by atoms with E-state index in [4.69, 9.17) is 9.26 Å². The molecule has 0 aliphatic rings. The molecule has 7 nitrogen and oxygen atoms in total. The van der Waals surface area contributed by atoms with Gasteiger partial charge in [0.05, 0.1) is 6.61 Å². The maximum atomic E-state index is 11.7. The van der Waals surface area contributed by atoms with E-state index < -0.39 is 0 Å². The number of nitrogens with one attached hydrogen (secondary N) is 2. The van der Waals surface area contributed by atoms with Crippen LogP contribution in [0.2, 0.25) is 0 Å². The largest absolute Gasteiger partial charge is 0.380 e. The zero-order valence-electron chi connectivity index (χ0n) is 14.5. The fourth-order valence-corrected chi connectivity index (χ4v) is 1.90. The lowest BCUT2D eigenvalue weighted by atomic mass is 9.97. The highest BCUT2D eigenvalue weighted by atomic mass is 16.5. The predicted molar refractivity (Wildman–Crippen MR) is 91.9 cm³/mol. The van der Waals surface area contributed by atoms with E-state index in [2.05, 4.69) is 20.8 Å². The van der Waals surface area contributed by atoms with Gasteiger partial charge >= 0.3 is 6.03 Å². The van der Waals surface area contributed by atoms with Crippen LogP contribution in [-0.2, 0) is 10.2 Å². The lowest BCUT2D eigenvalue weighted by molar-refractivity contribution is 0.150. The number of rotatable bonds is 6. The molecule has 0 unspecified atom stereocenters. The number of aromatic nitrogens is 2. The monoisotopic (exact) mass is 332 g/mol. The molecule has 0 saturated carbocycles. The summed E-state index contributed by atoms with van der Waals surface area (Å²) in [7, 11) is 0. The average Bonchev–Trinajstić information content (AvgIpc) is 3.02. The summed E-state index contributed by atoms with van der Waals surface area (Å²) in [6.45, 7) is 9.56. The van der Waals surface area contributed by atoms with Crippen LogP contribution in [0, 0.1) is 0 Å². The van der Waals surface area contributed by atoms with Crippen molar-refractivity contribution < 1.29 is 14.1 Å². The molecule has 0 atom stereocenters. The zero-order chi connectivity index (χ0) is 17.6. The van der Waals surface area contributed by atoms with E-state index in [1.54, 1.807) is 12.1 Å². The van der Waals surface area contributed by atoms with Gasteiger partial charge in [0.2, 0.25) is 11.7 Å². The third-order valence-corrected chi connectivity index (χ3v) is 3.20. The summed E-state index contributed by atoms with van der Waals surface area (Å²) < 4.78 is 10.4. The molecule has 2 aromatic rings. The van der Waals surface area contributed by atoms with Gasteiger partial charge in [0.1, 0.15) is 0 Å². The summed E-state index contributed by atoms with van der Waals surface area (Å²) in [5.74, 6) is 1.13. The van der Waals surface area contributed by atoms with E-state index >= 15 is 0 Å². The Bertz CT molecular complexity index is 659. The summed E-state index contributed by atoms with van der Waals surface area (Å²) >= 11 is 0. The van der Waals surface area contributed by atoms with Crippen molar-refractivity contribution in [3.63, 3.8) is 0 Å². The quantitative estimate of drug-likeness (QED) is 0.793. The van der Waals surface area contributed by atoms with Gasteiger partial charge in [-0.2, -0.15) is 4.98 Å². The lowest BCUT2D eigenvalue weighted by Gasteiger charge is -2.10. The number of urea groups is 1. The number of hydrogen-bond donors (Lipinski definition) is 2. The normalized spacial score (nSPS) is 11.3. The number of carbonyl (C=O) groups is 1. The van der Waals surface area contributed by atoms with E-state index in [9.17, 15) is 4.79 Å². The Balaban J connectivity index is 1.93. The number of hydrogen-bond acceptors (Lipinski definition) is 5. The van der Waals surface area contributed by atoms with Crippen LogP contribution in [0.1, 0.15) is 33.6 Å². The first kappa shape index (κ1) is 17.9. The molecule has 1 aromatic carbocycles. The molecular formula is C17H24N4O3. The SMILES string of the molecule is CCOCCNC(=O)Nc1ccc(-c2noc(C(C)(C)C)n2)cc1. The van der Waals surface area contributed by atoms with Crippen molar-refractivity contribution in [2.24, 2.45) is 0 Å². The number of amides is 2. The van der Waals surface area contributed by atoms with Crippen molar-refractivity contribution in [2.75, 3.05) is 25.1 Å². The number of nitrogens with zero attached hydrogens (tertiary/aromatic N) is 2. The van der Waals surface area contributed by atoms with Crippen molar-refractivity contribution in [1.82, 2.24) is 15.5 Å². The Kier molecular flexibility index (Phi) is 5.92. The molecule has 7 heteroatoms. The summed E-state index contributed by atoms with van der Waals surface area (Å²) in [4.78, 5) is 16.1. The van der Waals surface area contributed by atoms with Crippen LogP contribution >= 0.6 is 0 Å². The van der Waals surface area contributed by atoms with Crippen LogP contribution in [0.3, 0.4) is 0 Å². The number of ether oxygens (including phenoxy) is 1. The van der Waals surface area contributed by atoms with Gasteiger partial charge in [-0.1, -0.05) is 25.9 Å². The summed E-state index contributed by atoms with van der Waals surface area (Å²) in [5.41, 5.74) is 1.33. The molecule has 1 heterocycles. The van der Waals surface area contributed by atoms with Crippen molar-refractivity contribution in [3.05, 3.63) is 30.2 Å². The summed E-state index contributed by atoms with van der Waals surface area (Å²) in [5, 5.41) is 9.48. The summed E-state index contributed by atoms with van der Waals surface area (Å²) in [6, 6.07) is 7.01. The maximum Gasteiger partial charge on any atom is 0.319 e. The van der Waals surface area contributed by atoms with E-state index in [1.807, 2.05) is 39.8 Å². The Morgan fingerprint density at radius 2 is 1.96 bits per heavy atom. The van der Waals surface area contributed by atoms with Gasteiger partial charge in [-0.05, 0) is 31.2 Å². The van der Waals surface area contributed by atoms with Crippen molar-refractivity contribution >= 4 is 11.7 Å². The molecule has 2 rings (SSSR count). The molecule has 0 aliphatic carbocycles. The Morgan fingerprint density at radius 1 is 1.25 bits per heavy atom. The third kappa shape index (κ3) is 5.06. The molecule has 24 heavy (non-hydrogen) atoms. The fourth-order valence-electron chi connectivity index (χ4n) is 1.90. The van der Waals surface area contributed by atoms with Crippen LogP contribution < -0.4 is 10.6 Å². The van der Waals surface area contributed by atoms with E-state index in [1.165, 1.54) is 0 Å². The molecule has 2 N–H and O–H groups in total. The highest BCUT2D eigenvalue weighted by molar-refractivity contribution is 5.89. The van der Waals surface area contributed by atoms with Crippen LogP contribution in [0.5, 0.6) is 0 Å². The molecule has 130 valence electrons. The van der Waals surface area contributed by atoms with Crippen molar-refractivity contribution in [2.45, 2.75) is 33.1 Å². The number of benzene rings is 1. The van der Waals surface area contributed by atoms with Gasteiger partial charge in [0.15, 0.2) is 0 Å². The molecule has 0 bridgehead atoms. The van der Waals surface area contributed by atoms with Crippen LogP contribution in [-0.4, -0.2) is 35.9 Å². The smallest absolute Gasteiger partial charge is 0.319 e. The third-order valence-electron chi connectivity index (χ3n) is 3.20. The van der Waals surface area contributed by atoms with Crippen molar-refractivity contribution in [3.8, 4) is 11.4 Å². The topological polar surface area (TPSA) is 89.3 Å². The first-order valence-electron chi connectivity index (χ1n) is 7.97. The second kappa shape index (κ2) is 7.92. The van der Waals surface area contributed by atoms with E-state index in [0.29, 0.717) is 37.2 Å². The van der Waals surface area contributed by atoms with Gasteiger partial charge in [0.25, 0.3) is 0 Å². The highest BCUT2D eigenvalue weighted by Gasteiger charge is 2.22. The van der Waals surface area contributed by atoms with Gasteiger partial charge < -0.3 is 19.9 Å². The summed E-state index contributed by atoms with van der Waals surface area (Å²) in [6.07, 6.45) is 0. The first-order valence-corrected chi connectivity index (χ1v) is 7.97. The second-order valence-corrected chi connectivity index (χ2v) is 6.33. The average molecular weight is 332 g/mol. The van der Waals surface area contributed by atoms with Gasteiger partial charge in [0, 0.05) is 29.8 Å². The standard InChI is InChI=1S/C17H24N4O3/c1-5-23-11-10-18-16(22)19-13-8-6-12(7-9-13)14-20-15(24-21-14)17(2,3)4/h6-9H,5,10-11H2,1-4H3,(H2,18,19,22). The molecule has 0 aliphatic heterocycles. The molecule has 2 amide bonds. The molecule has 0 radical (unpaired) electrons. The first-order chi connectivity index (χ1) is 11.4.